The van der Waals surface area contributed by atoms with Crippen LogP contribution in [0.2, 0.25) is 0 Å². The lowest BCUT2D eigenvalue weighted by molar-refractivity contribution is 0.0255. The van der Waals surface area contributed by atoms with E-state index >= 15 is 0 Å². The number of hydrogen-bond donors (Lipinski definition) is 1. The zero-order valence-electron chi connectivity index (χ0n) is 16.9. The van der Waals surface area contributed by atoms with Crippen LogP contribution in [0.3, 0.4) is 0 Å². The normalized spacial score (nSPS) is 22.1. The molecule has 3 aromatic rings. The number of amides is 1. The number of likely N-dealkylation sites (tertiary alicyclic amines) is 1. The van der Waals surface area contributed by atoms with E-state index in [9.17, 15) is 9.18 Å². The van der Waals surface area contributed by atoms with Crippen LogP contribution in [0.5, 0.6) is 0 Å². The van der Waals surface area contributed by atoms with Crippen molar-refractivity contribution in [1.82, 2.24) is 14.9 Å². The van der Waals surface area contributed by atoms with Gasteiger partial charge in [0.25, 0.3) is 5.91 Å². The van der Waals surface area contributed by atoms with Crippen LogP contribution in [0.25, 0.3) is 22.2 Å². The molecule has 2 aromatic carbocycles. The van der Waals surface area contributed by atoms with Crippen LogP contribution in [0.15, 0.2) is 36.4 Å². The zero-order valence-corrected chi connectivity index (χ0v) is 16.9. The summed E-state index contributed by atoms with van der Waals surface area (Å²) >= 11 is 0. The van der Waals surface area contributed by atoms with Gasteiger partial charge in [-0.25, -0.2) is 9.87 Å². The molecule has 150 valence electrons. The van der Waals surface area contributed by atoms with Crippen molar-refractivity contribution < 1.29 is 14.0 Å². The van der Waals surface area contributed by atoms with Gasteiger partial charge in [-0.1, -0.05) is 24.3 Å². The van der Waals surface area contributed by atoms with E-state index in [1.54, 1.807) is 0 Å². The Morgan fingerprint density at radius 1 is 1.17 bits per heavy atom. The first-order valence-electron chi connectivity index (χ1n) is 9.95. The Labute approximate surface area is 169 Å². The van der Waals surface area contributed by atoms with Crippen LogP contribution >= 0.6 is 0 Å². The molecule has 1 atom stereocenters. The second kappa shape index (κ2) is 6.40. The summed E-state index contributed by atoms with van der Waals surface area (Å²) in [5.74, 6) is -0.853. The molecule has 2 aliphatic rings. The Kier molecular flexibility index (Phi) is 4.05. The number of aromatic nitrogens is 1. The number of carbonyl (C=O) groups is 1. The summed E-state index contributed by atoms with van der Waals surface area (Å²) in [5.41, 5.74) is 7.62. The Bertz CT molecular complexity index is 1140. The van der Waals surface area contributed by atoms with Crippen molar-refractivity contribution in [3.05, 3.63) is 58.9 Å². The molecule has 1 N–H and O–H groups in total. The summed E-state index contributed by atoms with van der Waals surface area (Å²) in [7, 11) is 4.08. The van der Waals surface area contributed by atoms with E-state index in [1.807, 2.05) is 11.6 Å². The largest absolute Gasteiger partial charge is 0.343 e. The average molecular weight is 393 g/mol. The van der Waals surface area contributed by atoms with Crippen molar-refractivity contribution in [1.29, 1.82) is 0 Å². The number of nitrogens with one attached hydrogen (secondary N) is 1. The molecule has 5 rings (SSSR count). The highest BCUT2D eigenvalue weighted by Crippen LogP contribution is 2.40. The molecule has 5 nitrogen and oxygen atoms in total. The molecule has 0 saturated carbocycles. The van der Waals surface area contributed by atoms with Crippen molar-refractivity contribution in [2.45, 2.75) is 31.9 Å². The predicted octanol–water partition coefficient (Wildman–Crippen LogP) is 4.10. The fourth-order valence-electron chi connectivity index (χ4n) is 4.98. The molecular formula is C23H24FN3O2. The Morgan fingerprint density at radius 2 is 1.93 bits per heavy atom. The Balaban J connectivity index is 1.68. The van der Waals surface area contributed by atoms with E-state index in [0.29, 0.717) is 11.1 Å². The minimum absolute atomic E-state index is 0.0545. The topological polar surface area (TPSA) is 46.5 Å². The molecule has 1 aromatic heterocycles. The minimum atomic E-state index is -0.434. The summed E-state index contributed by atoms with van der Waals surface area (Å²) in [6.45, 7) is 3.64. The molecule has 0 bridgehead atoms. The quantitative estimate of drug-likeness (QED) is 0.713. The van der Waals surface area contributed by atoms with E-state index in [0.717, 1.165) is 35.2 Å². The molecule has 0 radical (unpaired) electrons. The van der Waals surface area contributed by atoms with Gasteiger partial charge in [0, 0.05) is 23.5 Å². The number of aryl methyl sites for hydroxylation is 1. The molecular weight excluding hydrogens is 369 g/mol. The smallest absolute Gasteiger partial charge is 0.275 e. The van der Waals surface area contributed by atoms with Gasteiger partial charge in [0.1, 0.15) is 12.4 Å². The van der Waals surface area contributed by atoms with Crippen LogP contribution in [0.1, 0.15) is 41.3 Å². The van der Waals surface area contributed by atoms with Crippen LogP contribution in [0, 0.1) is 5.82 Å². The summed E-state index contributed by atoms with van der Waals surface area (Å²) in [4.78, 5) is 20.1. The lowest BCUT2D eigenvalue weighted by Crippen LogP contribution is -2.35. The third-order valence-electron chi connectivity index (χ3n) is 6.77. The van der Waals surface area contributed by atoms with Crippen LogP contribution in [-0.4, -0.2) is 29.0 Å². The van der Waals surface area contributed by atoms with Crippen LogP contribution in [-0.2, 0) is 24.0 Å². The maximum atomic E-state index is 14.2. The summed E-state index contributed by atoms with van der Waals surface area (Å²) in [5, 5.41) is 0.755. The number of benzene rings is 2. The van der Waals surface area contributed by atoms with Gasteiger partial charge < -0.3 is 4.57 Å². The Morgan fingerprint density at radius 3 is 2.62 bits per heavy atom. The first kappa shape index (κ1) is 18.3. The van der Waals surface area contributed by atoms with E-state index in [1.165, 1.54) is 24.1 Å². The highest BCUT2D eigenvalue weighted by atomic mass is 19.1. The van der Waals surface area contributed by atoms with Crippen LogP contribution < -0.4 is 5.48 Å². The predicted molar refractivity (Wildman–Crippen MR) is 110 cm³/mol. The van der Waals surface area contributed by atoms with Crippen molar-refractivity contribution in [2.75, 3.05) is 13.6 Å². The number of hydroxylamine groups is 1. The number of hydrogen-bond acceptors (Lipinski definition) is 3. The fraction of sp³-hybridized carbons (Fsp3) is 0.348. The van der Waals surface area contributed by atoms with Gasteiger partial charge in [-0.2, -0.15) is 0 Å². The third kappa shape index (κ3) is 2.63. The van der Waals surface area contributed by atoms with Gasteiger partial charge in [-0.15, -0.1) is 0 Å². The Hall–Kier alpha value is -2.70. The molecule has 29 heavy (non-hydrogen) atoms. The standard InChI is InChI=1S/C23H24FN3O2/c1-23(9-4-10-26(23)2)15-7-5-14(6-8-15)21-18-13-29-25-22(28)17-11-16(24)12-19(20(17)18)27(21)3/h5-8,11-12H,4,9-10,13H2,1-3H3,(H,25,28)/t23-/m0/s1. The van der Waals surface area contributed by atoms with E-state index in [4.69, 9.17) is 4.84 Å². The maximum absolute atomic E-state index is 14.2. The van der Waals surface area contributed by atoms with Crippen molar-refractivity contribution in [3.8, 4) is 11.3 Å². The summed E-state index contributed by atoms with van der Waals surface area (Å²) < 4.78 is 16.2. The summed E-state index contributed by atoms with van der Waals surface area (Å²) in [6, 6.07) is 11.4. The molecule has 1 amide bonds. The van der Waals surface area contributed by atoms with Gasteiger partial charge in [0.05, 0.1) is 16.8 Å². The lowest BCUT2D eigenvalue weighted by Gasteiger charge is -2.33. The van der Waals surface area contributed by atoms with Gasteiger partial charge in [0.15, 0.2) is 0 Å². The van der Waals surface area contributed by atoms with Gasteiger partial charge in [0.2, 0.25) is 0 Å². The van der Waals surface area contributed by atoms with E-state index in [-0.39, 0.29) is 12.1 Å². The molecule has 2 aliphatic heterocycles. The van der Waals surface area contributed by atoms with Gasteiger partial charge >= 0.3 is 0 Å². The molecule has 3 heterocycles. The van der Waals surface area contributed by atoms with E-state index < -0.39 is 11.7 Å². The number of nitrogens with zero attached hydrogens (tertiary/aromatic N) is 2. The minimum Gasteiger partial charge on any atom is -0.343 e. The van der Waals surface area contributed by atoms with Crippen LogP contribution in [0.4, 0.5) is 4.39 Å². The second-order valence-electron chi connectivity index (χ2n) is 8.33. The molecule has 0 unspecified atom stereocenters. The molecule has 1 saturated heterocycles. The monoisotopic (exact) mass is 393 g/mol. The highest BCUT2D eigenvalue weighted by molar-refractivity contribution is 6.09. The lowest BCUT2D eigenvalue weighted by atomic mass is 9.88. The number of halogens is 1. The number of carbonyl (C=O) groups excluding carboxylic acids is 1. The fourth-order valence-corrected chi connectivity index (χ4v) is 4.98. The second-order valence-corrected chi connectivity index (χ2v) is 8.33. The summed E-state index contributed by atoms with van der Waals surface area (Å²) in [6.07, 6.45) is 2.35. The van der Waals surface area contributed by atoms with Gasteiger partial charge in [-0.05, 0) is 56.6 Å². The average Bonchev–Trinajstić information content (AvgIpc) is 3.12. The van der Waals surface area contributed by atoms with E-state index in [2.05, 4.69) is 48.6 Å². The van der Waals surface area contributed by atoms with Crippen molar-refractivity contribution in [2.24, 2.45) is 7.05 Å². The first-order valence-corrected chi connectivity index (χ1v) is 9.95. The first-order chi connectivity index (χ1) is 13.9. The molecule has 0 aliphatic carbocycles. The van der Waals surface area contributed by atoms with Gasteiger partial charge in [-0.3, -0.25) is 14.5 Å². The zero-order chi connectivity index (χ0) is 20.3. The molecule has 6 heteroatoms. The highest BCUT2D eigenvalue weighted by Gasteiger charge is 2.35. The SMILES string of the molecule is CN1CCC[C@@]1(C)c1ccc(-c2c3c4c(cc(F)cc4n2C)C(=O)NOC3)cc1. The molecule has 0 spiro atoms. The molecule has 1 fully saturated rings. The van der Waals surface area contributed by atoms with Crippen molar-refractivity contribution >= 4 is 16.8 Å². The number of rotatable bonds is 2. The maximum Gasteiger partial charge on any atom is 0.275 e. The third-order valence-corrected chi connectivity index (χ3v) is 6.77. The van der Waals surface area contributed by atoms with Crippen molar-refractivity contribution in [3.63, 3.8) is 0 Å².